The van der Waals surface area contributed by atoms with E-state index in [1.807, 2.05) is 0 Å². The Bertz CT molecular complexity index is 1110. The zero-order valence-electron chi connectivity index (χ0n) is 19.8. The van der Waals surface area contributed by atoms with E-state index in [2.05, 4.69) is 5.32 Å². The van der Waals surface area contributed by atoms with Crippen LogP contribution in [0.3, 0.4) is 0 Å². The highest BCUT2D eigenvalue weighted by molar-refractivity contribution is 5.95. The van der Waals surface area contributed by atoms with Crippen molar-refractivity contribution in [1.29, 1.82) is 0 Å². The van der Waals surface area contributed by atoms with Gasteiger partial charge >= 0.3 is 12.0 Å². The molecule has 180 valence electrons. The maximum atomic E-state index is 13.1. The summed E-state index contributed by atoms with van der Waals surface area (Å²) in [4.78, 5) is 38.8. The van der Waals surface area contributed by atoms with E-state index in [-0.39, 0.29) is 24.6 Å². The Balaban J connectivity index is 2.07. The number of rotatable bonds is 9. The van der Waals surface area contributed by atoms with Crippen LogP contribution in [0.4, 0.5) is 4.79 Å². The van der Waals surface area contributed by atoms with Gasteiger partial charge in [0.15, 0.2) is 17.3 Å². The van der Waals surface area contributed by atoms with Gasteiger partial charge in [-0.1, -0.05) is 12.1 Å². The molecule has 0 radical (unpaired) electrons. The molecule has 1 N–H and O–H groups in total. The summed E-state index contributed by atoms with van der Waals surface area (Å²) in [6, 6.07) is 10.6. The van der Waals surface area contributed by atoms with Crippen molar-refractivity contribution in [2.75, 3.05) is 34.5 Å². The first-order valence-corrected chi connectivity index (χ1v) is 10.7. The van der Waals surface area contributed by atoms with Crippen LogP contribution in [-0.4, -0.2) is 57.2 Å². The lowest BCUT2D eigenvalue weighted by Crippen LogP contribution is -2.48. The molecule has 2 aromatic rings. The summed E-state index contributed by atoms with van der Waals surface area (Å²) in [5, 5.41) is 2.85. The quantitative estimate of drug-likeness (QED) is 0.444. The average molecular weight is 469 g/mol. The van der Waals surface area contributed by atoms with Crippen LogP contribution in [0.25, 0.3) is 0 Å². The predicted molar refractivity (Wildman–Crippen MR) is 124 cm³/mol. The second-order valence-electron chi connectivity index (χ2n) is 7.47. The monoisotopic (exact) mass is 468 g/mol. The second kappa shape index (κ2) is 10.7. The highest BCUT2D eigenvalue weighted by Gasteiger charge is 2.38. The van der Waals surface area contributed by atoms with Gasteiger partial charge in [0.05, 0.1) is 38.1 Å². The van der Waals surface area contributed by atoms with Crippen LogP contribution in [0.5, 0.6) is 17.2 Å². The topological polar surface area (TPSA) is 103 Å². The molecule has 2 aromatic carbocycles. The Morgan fingerprint density at radius 2 is 1.76 bits per heavy atom. The first-order chi connectivity index (χ1) is 16.3. The van der Waals surface area contributed by atoms with Crippen LogP contribution < -0.4 is 19.5 Å². The number of amides is 2. The molecule has 1 heterocycles. The molecule has 1 aliphatic rings. The number of ketones is 1. The van der Waals surface area contributed by atoms with Gasteiger partial charge in [0.25, 0.3) is 0 Å². The molecule has 9 heteroatoms. The Hall–Kier alpha value is -4.01. The molecule has 1 unspecified atom stereocenters. The summed E-state index contributed by atoms with van der Waals surface area (Å²) in [6.07, 6.45) is 0. The lowest BCUT2D eigenvalue weighted by atomic mass is 9.93. The van der Waals surface area contributed by atoms with Gasteiger partial charge < -0.3 is 24.3 Å². The minimum atomic E-state index is -0.855. The maximum absolute atomic E-state index is 13.1. The van der Waals surface area contributed by atoms with Crippen LogP contribution in [0.2, 0.25) is 0 Å². The fraction of sp³-hybridized carbons (Fsp3) is 0.320. The van der Waals surface area contributed by atoms with Crippen molar-refractivity contribution < 1.29 is 33.3 Å². The minimum Gasteiger partial charge on any atom is -0.493 e. The molecule has 1 aliphatic heterocycles. The number of ether oxygens (including phenoxy) is 4. The zero-order valence-corrected chi connectivity index (χ0v) is 19.8. The van der Waals surface area contributed by atoms with Crippen LogP contribution >= 0.6 is 0 Å². The predicted octanol–water partition coefficient (Wildman–Crippen LogP) is 3.50. The summed E-state index contributed by atoms with van der Waals surface area (Å²) in [5.74, 6) is 0.685. The summed E-state index contributed by atoms with van der Waals surface area (Å²) < 4.78 is 22.2. The van der Waals surface area contributed by atoms with Gasteiger partial charge in [0.1, 0.15) is 12.4 Å². The van der Waals surface area contributed by atoms with Crippen LogP contribution in [0.15, 0.2) is 53.7 Å². The smallest absolute Gasteiger partial charge is 0.338 e. The van der Waals surface area contributed by atoms with Crippen molar-refractivity contribution in [2.45, 2.75) is 19.9 Å². The number of nitrogens with zero attached hydrogens (tertiary/aromatic N) is 1. The lowest BCUT2D eigenvalue weighted by molar-refractivity contribution is -0.139. The number of para-hydroxylation sites is 1. The molecule has 1 atom stereocenters. The second-order valence-corrected chi connectivity index (χ2v) is 7.47. The number of esters is 1. The molecular formula is C25H28N2O7. The van der Waals surface area contributed by atoms with Crippen LogP contribution in [0, 0.1) is 0 Å². The molecule has 0 saturated carbocycles. The maximum Gasteiger partial charge on any atom is 0.338 e. The van der Waals surface area contributed by atoms with Gasteiger partial charge in [-0.3, -0.25) is 9.69 Å². The highest BCUT2D eigenvalue weighted by Crippen LogP contribution is 2.40. The number of carbonyl (C=O) groups is 3. The Morgan fingerprint density at radius 3 is 2.35 bits per heavy atom. The van der Waals surface area contributed by atoms with Crippen molar-refractivity contribution in [3.05, 3.63) is 64.9 Å². The summed E-state index contributed by atoms with van der Waals surface area (Å²) in [7, 11) is 4.54. The molecule has 3 rings (SSSR count). The first kappa shape index (κ1) is 24.6. The Labute approximate surface area is 198 Å². The van der Waals surface area contributed by atoms with Crippen molar-refractivity contribution >= 4 is 17.8 Å². The minimum absolute atomic E-state index is 0.0578. The van der Waals surface area contributed by atoms with Gasteiger partial charge in [0.2, 0.25) is 0 Å². The highest BCUT2D eigenvalue weighted by atomic mass is 16.5. The SMILES string of the molecule is CCOC(=O)C1=C(COc2ccc(C(C)=O)cc2)N(C)C(=O)NC1c1cccc(OC)c1OC. The summed E-state index contributed by atoms with van der Waals surface area (Å²) in [6.45, 7) is 3.26. The number of carbonyl (C=O) groups excluding carboxylic acids is 3. The third kappa shape index (κ3) is 4.98. The van der Waals surface area contributed by atoms with Gasteiger partial charge in [0, 0.05) is 18.2 Å². The van der Waals surface area contributed by atoms with Crippen molar-refractivity contribution in [3.63, 3.8) is 0 Å². The van der Waals surface area contributed by atoms with E-state index < -0.39 is 18.0 Å². The molecule has 0 aliphatic carbocycles. The Kier molecular flexibility index (Phi) is 7.78. The molecule has 0 saturated heterocycles. The van der Waals surface area contributed by atoms with Gasteiger partial charge in [-0.25, -0.2) is 9.59 Å². The standard InChI is InChI=1S/C25H28N2O7/c1-6-33-24(29)21-19(14-34-17-12-10-16(11-13-17)15(2)28)27(3)25(30)26-22(21)18-8-7-9-20(31-4)23(18)32-5/h7-13,22H,6,14H2,1-5H3,(H,26,30). The molecule has 2 amide bonds. The molecule has 0 bridgehead atoms. The van der Waals surface area contributed by atoms with Crippen molar-refractivity contribution in [3.8, 4) is 17.2 Å². The van der Waals surface area contributed by atoms with E-state index in [0.29, 0.717) is 34.1 Å². The summed E-state index contributed by atoms with van der Waals surface area (Å²) >= 11 is 0. The van der Waals surface area contributed by atoms with E-state index in [1.165, 1.54) is 26.0 Å². The van der Waals surface area contributed by atoms with Gasteiger partial charge in [-0.2, -0.15) is 0 Å². The third-order valence-electron chi connectivity index (χ3n) is 5.45. The number of nitrogens with one attached hydrogen (secondary N) is 1. The number of benzene rings is 2. The van der Waals surface area contributed by atoms with E-state index >= 15 is 0 Å². The fourth-order valence-electron chi connectivity index (χ4n) is 3.69. The average Bonchev–Trinajstić information content (AvgIpc) is 2.84. The number of hydrogen-bond acceptors (Lipinski definition) is 7. The summed E-state index contributed by atoms with van der Waals surface area (Å²) in [5.41, 5.74) is 1.65. The third-order valence-corrected chi connectivity index (χ3v) is 5.45. The first-order valence-electron chi connectivity index (χ1n) is 10.7. The number of Topliss-reactive ketones (excluding diaryl/α,β-unsaturated/α-hetero) is 1. The zero-order chi connectivity index (χ0) is 24.8. The van der Waals surface area contributed by atoms with Crippen LogP contribution in [0.1, 0.15) is 35.8 Å². The lowest BCUT2D eigenvalue weighted by Gasteiger charge is -2.35. The number of methoxy groups -OCH3 is 2. The van der Waals surface area contributed by atoms with Gasteiger partial charge in [-0.15, -0.1) is 0 Å². The van der Waals surface area contributed by atoms with Crippen molar-refractivity contribution in [2.24, 2.45) is 0 Å². The van der Waals surface area contributed by atoms with E-state index in [1.54, 1.807) is 56.4 Å². The molecular weight excluding hydrogens is 440 g/mol. The molecule has 34 heavy (non-hydrogen) atoms. The number of hydrogen-bond donors (Lipinski definition) is 1. The number of urea groups is 1. The number of likely N-dealkylation sites (N-methyl/N-ethyl adjacent to an activating group) is 1. The largest absolute Gasteiger partial charge is 0.493 e. The fourth-order valence-corrected chi connectivity index (χ4v) is 3.69. The molecule has 9 nitrogen and oxygen atoms in total. The van der Waals surface area contributed by atoms with E-state index in [0.717, 1.165) is 0 Å². The van der Waals surface area contributed by atoms with E-state index in [4.69, 9.17) is 18.9 Å². The van der Waals surface area contributed by atoms with Gasteiger partial charge in [-0.05, 0) is 44.2 Å². The van der Waals surface area contributed by atoms with Crippen molar-refractivity contribution in [1.82, 2.24) is 10.2 Å². The Morgan fingerprint density at radius 1 is 1.06 bits per heavy atom. The van der Waals surface area contributed by atoms with Crippen LogP contribution in [-0.2, 0) is 9.53 Å². The molecule has 0 fully saturated rings. The molecule has 0 spiro atoms. The molecule has 0 aromatic heterocycles. The van der Waals surface area contributed by atoms with E-state index in [9.17, 15) is 14.4 Å². The normalized spacial score (nSPS) is 15.5.